The highest BCUT2D eigenvalue weighted by Gasteiger charge is 2.32. The maximum Gasteiger partial charge on any atom is 0.433 e. The monoisotopic (exact) mass is 316 g/mol. The number of nitrogens with zero attached hydrogens (tertiary/aromatic N) is 1. The summed E-state index contributed by atoms with van der Waals surface area (Å²) >= 11 is 0. The van der Waals surface area contributed by atoms with Crippen molar-refractivity contribution >= 4 is 11.9 Å². The van der Waals surface area contributed by atoms with E-state index in [1.54, 1.807) is 0 Å². The number of hydrogen-bond acceptors (Lipinski definition) is 3. The molecule has 0 atom stereocenters. The Labute approximate surface area is 124 Å². The summed E-state index contributed by atoms with van der Waals surface area (Å²) in [6.07, 6.45) is -1.62. The minimum Gasteiger partial charge on any atom is -0.481 e. The Bertz CT molecular complexity index is 549. The van der Waals surface area contributed by atoms with Gasteiger partial charge >= 0.3 is 12.1 Å². The standard InChI is InChI=1S/C14H15F3N2O3/c15-14(16,17)11-6-3-9(7-18-11)12(20)19-10-4-1-8(2-5-10)13(21)22/h3,6-8,10H,1-2,4-5H2,(H,19,20)(H,21,22). The minimum atomic E-state index is -4.54. The van der Waals surface area contributed by atoms with Crippen molar-refractivity contribution in [3.63, 3.8) is 0 Å². The predicted molar refractivity (Wildman–Crippen MR) is 70.1 cm³/mol. The summed E-state index contributed by atoms with van der Waals surface area (Å²) in [7, 11) is 0. The van der Waals surface area contributed by atoms with Gasteiger partial charge in [-0.25, -0.2) is 0 Å². The zero-order valence-electron chi connectivity index (χ0n) is 11.6. The highest BCUT2D eigenvalue weighted by atomic mass is 19.4. The molecule has 1 fully saturated rings. The van der Waals surface area contributed by atoms with Crippen molar-refractivity contribution in [1.29, 1.82) is 0 Å². The Hall–Kier alpha value is -2.12. The van der Waals surface area contributed by atoms with E-state index in [0.29, 0.717) is 25.7 Å². The van der Waals surface area contributed by atoms with E-state index in [4.69, 9.17) is 5.11 Å². The zero-order valence-corrected chi connectivity index (χ0v) is 11.6. The molecule has 0 spiro atoms. The summed E-state index contributed by atoms with van der Waals surface area (Å²) < 4.78 is 37.2. The summed E-state index contributed by atoms with van der Waals surface area (Å²) in [6, 6.07) is 1.68. The van der Waals surface area contributed by atoms with Gasteiger partial charge in [0.15, 0.2) is 0 Å². The van der Waals surface area contributed by atoms with Crippen molar-refractivity contribution in [3.05, 3.63) is 29.6 Å². The number of pyridine rings is 1. The van der Waals surface area contributed by atoms with Crippen LogP contribution in [0.1, 0.15) is 41.7 Å². The third kappa shape index (κ3) is 3.96. The molecule has 1 aromatic rings. The van der Waals surface area contributed by atoms with Gasteiger partial charge < -0.3 is 10.4 Å². The van der Waals surface area contributed by atoms with Crippen LogP contribution in [0.4, 0.5) is 13.2 Å². The van der Waals surface area contributed by atoms with Crippen LogP contribution in [-0.2, 0) is 11.0 Å². The number of carbonyl (C=O) groups is 2. The van der Waals surface area contributed by atoms with Crippen molar-refractivity contribution in [1.82, 2.24) is 10.3 Å². The van der Waals surface area contributed by atoms with Crippen LogP contribution in [0.25, 0.3) is 0 Å². The molecule has 0 saturated heterocycles. The fraction of sp³-hybridized carbons (Fsp3) is 0.500. The highest BCUT2D eigenvalue weighted by Crippen LogP contribution is 2.27. The Morgan fingerprint density at radius 1 is 1.18 bits per heavy atom. The summed E-state index contributed by atoms with van der Waals surface area (Å²) in [5, 5.41) is 11.6. The molecule has 0 bridgehead atoms. The molecule has 0 radical (unpaired) electrons. The topological polar surface area (TPSA) is 79.3 Å². The average Bonchev–Trinajstić information content (AvgIpc) is 2.47. The van der Waals surface area contributed by atoms with Crippen LogP contribution in [0.15, 0.2) is 18.3 Å². The molecule has 0 aromatic carbocycles. The number of hydrogen-bond donors (Lipinski definition) is 2. The van der Waals surface area contributed by atoms with Crippen LogP contribution >= 0.6 is 0 Å². The molecule has 1 aliphatic rings. The van der Waals surface area contributed by atoms with Crippen LogP contribution in [0.2, 0.25) is 0 Å². The predicted octanol–water partition coefficient (Wildman–Crippen LogP) is 2.47. The first-order valence-corrected chi connectivity index (χ1v) is 6.84. The van der Waals surface area contributed by atoms with Crippen molar-refractivity contribution in [2.75, 3.05) is 0 Å². The van der Waals surface area contributed by atoms with Crippen LogP contribution < -0.4 is 5.32 Å². The second-order valence-corrected chi connectivity index (χ2v) is 5.29. The van der Waals surface area contributed by atoms with Gasteiger partial charge in [0, 0.05) is 12.2 Å². The molecule has 22 heavy (non-hydrogen) atoms. The van der Waals surface area contributed by atoms with Gasteiger partial charge in [0.1, 0.15) is 5.69 Å². The lowest BCUT2D eigenvalue weighted by atomic mass is 9.86. The summed E-state index contributed by atoms with van der Waals surface area (Å²) in [5.41, 5.74) is -1.00. The number of carboxylic acids is 1. The van der Waals surface area contributed by atoms with Gasteiger partial charge in [-0.2, -0.15) is 13.2 Å². The highest BCUT2D eigenvalue weighted by molar-refractivity contribution is 5.94. The van der Waals surface area contributed by atoms with Crippen LogP contribution in [0.5, 0.6) is 0 Å². The van der Waals surface area contributed by atoms with E-state index in [-0.39, 0.29) is 17.5 Å². The largest absolute Gasteiger partial charge is 0.481 e. The Morgan fingerprint density at radius 3 is 2.27 bits per heavy atom. The average molecular weight is 316 g/mol. The van der Waals surface area contributed by atoms with Gasteiger partial charge in [-0.15, -0.1) is 0 Å². The van der Waals surface area contributed by atoms with E-state index in [1.165, 1.54) is 0 Å². The SMILES string of the molecule is O=C(NC1CCC(C(=O)O)CC1)c1ccc(C(F)(F)F)nc1. The smallest absolute Gasteiger partial charge is 0.433 e. The van der Waals surface area contributed by atoms with E-state index >= 15 is 0 Å². The van der Waals surface area contributed by atoms with E-state index in [9.17, 15) is 22.8 Å². The molecule has 2 N–H and O–H groups in total. The molecule has 1 amide bonds. The molecule has 1 heterocycles. The summed E-state index contributed by atoms with van der Waals surface area (Å²) in [5.74, 6) is -1.72. The number of nitrogens with one attached hydrogen (secondary N) is 1. The van der Waals surface area contributed by atoms with Crippen molar-refractivity contribution < 1.29 is 27.9 Å². The molecule has 1 aromatic heterocycles. The summed E-state index contributed by atoms with van der Waals surface area (Å²) in [6.45, 7) is 0. The van der Waals surface area contributed by atoms with Crippen molar-refractivity contribution in [2.24, 2.45) is 5.92 Å². The molecule has 0 unspecified atom stereocenters. The van der Waals surface area contributed by atoms with Gasteiger partial charge in [0.05, 0.1) is 11.5 Å². The molecule has 2 rings (SSSR count). The normalized spacial score (nSPS) is 22.1. The van der Waals surface area contributed by atoms with Gasteiger partial charge in [-0.05, 0) is 37.8 Å². The number of rotatable bonds is 3. The number of aliphatic carboxylic acids is 1. The Morgan fingerprint density at radius 2 is 1.82 bits per heavy atom. The number of halogens is 3. The first-order chi connectivity index (χ1) is 10.3. The lowest BCUT2D eigenvalue weighted by molar-refractivity contribution is -0.143. The van der Waals surface area contributed by atoms with Gasteiger partial charge in [0.2, 0.25) is 0 Å². The second kappa shape index (κ2) is 6.33. The van der Waals surface area contributed by atoms with Crippen molar-refractivity contribution in [2.45, 2.75) is 37.9 Å². The molecule has 0 aliphatic heterocycles. The maximum atomic E-state index is 12.4. The van der Waals surface area contributed by atoms with Gasteiger partial charge in [-0.3, -0.25) is 14.6 Å². The Kier molecular flexibility index (Phi) is 4.68. The third-order valence-corrected chi connectivity index (χ3v) is 3.73. The number of aromatic nitrogens is 1. The third-order valence-electron chi connectivity index (χ3n) is 3.73. The zero-order chi connectivity index (χ0) is 16.3. The molecule has 1 saturated carbocycles. The number of carbonyl (C=O) groups excluding carboxylic acids is 1. The van der Waals surface area contributed by atoms with Crippen LogP contribution in [-0.4, -0.2) is 28.0 Å². The molecular formula is C14H15F3N2O3. The number of alkyl halides is 3. The number of carboxylic acid groups (broad SMARTS) is 1. The van der Waals surface area contributed by atoms with E-state index in [0.717, 1.165) is 18.3 Å². The fourth-order valence-electron chi connectivity index (χ4n) is 2.45. The van der Waals surface area contributed by atoms with E-state index < -0.39 is 23.7 Å². The van der Waals surface area contributed by atoms with Crippen molar-refractivity contribution in [3.8, 4) is 0 Å². The van der Waals surface area contributed by atoms with Crippen LogP contribution in [0, 0.1) is 5.92 Å². The first kappa shape index (κ1) is 16.3. The minimum absolute atomic E-state index is 0.0494. The lowest BCUT2D eigenvalue weighted by Crippen LogP contribution is -2.38. The van der Waals surface area contributed by atoms with E-state index in [1.807, 2.05) is 0 Å². The molecule has 1 aliphatic carbocycles. The summed E-state index contributed by atoms with van der Waals surface area (Å²) in [4.78, 5) is 26.0. The van der Waals surface area contributed by atoms with E-state index in [2.05, 4.69) is 10.3 Å². The first-order valence-electron chi connectivity index (χ1n) is 6.84. The molecule has 8 heteroatoms. The van der Waals surface area contributed by atoms with Gasteiger partial charge in [0.25, 0.3) is 5.91 Å². The lowest BCUT2D eigenvalue weighted by Gasteiger charge is -2.26. The fourth-order valence-corrected chi connectivity index (χ4v) is 2.45. The van der Waals surface area contributed by atoms with Crippen LogP contribution in [0.3, 0.4) is 0 Å². The molecule has 120 valence electrons. The quantitative estimate of drug-likeness (QED) is 0.898. The number of amides is 1. The second-order valence-electron chi connectivity index (χ2n) is 5.29. The molecule has 5 nitrogen and oxygen atoms in total. The Balaban J connectivity index is 1.92. The maximum absolute atomic E-state index is 12.4. The molecular weight excluding hydrogens is 301 g/mol. The van der Waals surface area contributed by atoms with Gasteiger partial charge in [-0.1, -0.05) is 0 Å².